The van der Waals surface area contributed by atoms with Crippen molar-refractivity contribution in [2.75, 3.05) is 19.5 Å². The van der Waals surface area contributed by atoms with Crippen LogP contribution in [-0.2, 0) is 5.41 Å². The summed E-state index contributed by atoms with van der Waals surface area (Å²) >= 11 is 0. The number of para-hydroxylation sites is 1. The van der Waals surface area contributed by atoms with Crippen LogP contribution in [0.4, 0.5) is 11.4 Å². The Hall–Kier alpha value is -3.72. The summed E-state index contributed by atoms with van der Waals surface area (Å²) in [5.41, 5.74) is 6.54. The monoisotopic (exact) mass is 423 g/mol. The summed E-state index contributed by atoms with van der Waals surface area (Å²) in [7, 11) is 3.39. The van der Waals surface area contributed by atoms with Crippen LogP contribution in [0.2, 0.25) is 0 Å². The van der Waals surface area contributed by atoms with E-state index in [1.54, 1.807) is 14.2 Å². The number of hydrogen-bond donors (Lipinski definition) is 1. The van der Waals surface area contributed by atoms with Crippen molar-refractivity contribution in [3.05, 3.63) is 119 Å². The molecule has 0 bridgehead atoms. The molecule has 0 aliphatic rings. The molecule has 3 heteroatoms. The molecule has 4 aromatic carbocycles. The molecule has 0 aliphatic heterocycles. The van der Waals surface area contributed by atoms with E-state index in [0.717, 1.165) is 22.9 Å². The zero-order valence-electron chi connectivity index (χ0n) is 19.1. The van der Waals surface area contributed by atoms with Crippen LogP contribution >= 0.6 is 0 Å². The van der Waals surface area contributed by atoms with Gasteiger partial charge in [-0.15, -0.1) is 0 Å². The lowest BCUT2D eigenvalue weighted by Crippen LogP contribution is -2.26. The van der Waals surface area contributed by atoms with Gasteiger partial charge in [0.25, 0.3) is 0 Å². The van der Waals surface area contributed by atoms with Gasteiger partial charge in [-0.3, -0.25) is 0 Å². The van der Waals surface area contributed by atoms with Crippen LogP contribution in [0.25, 0.3) is 0 Å². The fourth-order valence-electron chi connectivity index (χ4n) is 4.15. The SMILES string of the molecule is COc1ccc(C(C)(c2ccc(OC)cc2)c2ccccc2Nc2ccc(C)cc2)cc1. The number of methoxy groups -OCH3 is 2. The van der Waals surface area contributed by atoms with Crippen LogP contribution in [0, 0.1) is 6.92 Å². The lowest BCUT2D eigenvalue weighted by atomic mass is 9.70. The van der Waals surface area contributed by atoms with Crippen LogP contribution < -0.4 is 14.8 Å². The van der Waals surface area contributed by atoms with Gasteiger partial charge in [-0.25, -0.2) is 0 Å². The number of hydrogen-bond acceptors (Lipinski definition) is 3. The van der Waals surface area contributed by atoms with Gasteiger partial charge in [0.05, 0.1) is 14.2 Å². The largest absolute Gasteiger partial charge is 0.497 e. The maximum Gasteiger partial charge on any atom is 0.118 e. The predicted octanol–water partition coefficient (Wildman–Crippen LogP) is 7.11. The van der Waals surface area contributed by atoms with Crippen LogP contribution in [0.1, 0.15) is 29.2 Å². The number of nitrogens with one attached hydrogen (secondary N) is 1. The molecule has 0 aromatic heterocycles. The minimum atomic E-state index is -0.396. The highest BCUT2D eigenvalue weighted by molar-refractivity contribution is 5.68. The summed E-state index contributed by atoms with van der Waals surface area (Å²) in [6.45, 7) is 4.37. The molecule has 4 aromatic rings. The van der Waals surface area contributed by atoms with Crippen molar-refractivity contribution in [1.82, 2.24) is 0 Å². The first-order chi connectivity index (χ1) is 15.5. The predicted molar refractivity (Wildman–Crippen MR) is 132 cm³/mol. The van der Waals surface area contributed by atoms with Gasteiger partial charge in [0.1, 0.15) is 11.5 Å². The second kappa shape index (κ2) is 9.19. The molecule has 0 spiro atoms. The normalized spacial score (nSPS) is 11.1. The quantitative estimate of drug-likeness (QED) is 0.321. The Labute approximate surface area is 190 Å². The fraction of sp³-hybridized carbons (Fsp3) is 0.172. The number of benzene rings is 4. The third kappa shape index (κ3) is 4.19. The number of rotatable bonds is 7. The first-order valence-electron chi connectivity index (χ1n) is 10.8. The van der Waals surface area contributed by atoms with Gasteiger partial charge >= 0.3 is 0 Å². The van der Waals surface area contributed by atoms with E-state index in [2.05, 4.69) is 92.0 Å². The zero-order valence-corrected chi connectivity index (χ0v) is 19.1. The van der Waals surface area contributed by atoms with Crippen LogP contribution in [0.5, 0.6) is 11.5 Å². The molecule has 4 rings (SSSR count). The molecule has 0 amide bonds. The first-order valence-corrected chi connectivity index (χ1v) is 10.8. The molecule has 32 heavy (non-hydrogen) atoms. The van der Waals surface area contributed by atoms with Gasteiger partial charge in [0.2, 0.25) is 0 Å². The van der Waals surface area contributed by atoms with E-state index >= 15 is 0 Å². The van der Waals surface area contributed by atoms with Crippen molar-refractivity contribution >= 4 is 11.4 Å². The molecule has 1 N–H and O–H groups in total. The minimum absolute atomic E-state index is 0.396. The standard InChI is InChI=1S/C29H29NO2/c1-21-9-15-24(16-10-21)30-28-8-6-5-7-27(28)29(2,22-11-17-25(31-3)18-12-22)23-13-19-26(32-4)20-14-23/h5-20,30H,1-4H3. The molecular weight excluding hydrogens is 394 g/mol. The Morgan fingerprint density at radius 1 is 0.625 bits per heavy atom. The van der Waals surface area contributed by atoms with E-state index in [0.29, 0.717) is 0 Å². The van der Waals surface area contributed by atoms with Crippen molar-refractivity contribution in [3.8, 4) is 11.5 Å². The lowest BCUT2D eigenvalue weighted by Gasteiger charge is -2.34. The van der Waals surface area contributed by atoms with Crippen molar-refractivity contribution in [3.63, 3.8) is 0 Å². The van der Waals surface area contributed by atoms with E-state index in [9.17, 15) is 0 Å². The maximum absolute atomic E-state index is 5.41. The second-order valence-electron chi connectivity index (χ2n) is 8.12. The average Bonchev–Trinajstić information content (AvgIpc) is 2.85. The number of aryl methyl sites for hydroxylation is 1. The molecular formula is C29H29NO2. The van der Waals surface area contributed by atoms with Gasteiger partial charge in [-0.05, 0) is 73.0 Å². The van der Waals surface area contributed by atoms with E-state index in [4.69, 9.17) is 9.47 Å². The Kier molecular flexibility index (Phi) is 6.18. The second-order valence-corrected chi connectivity index (χ2v) is 8.12. The summed E-state index contributed by atoms with van der Waals surface area (Å²) < 4.78 is 10.8. The Bertz CT molecular complexity index is 1120. The third-order valence-corrected chi connectivity index (χ3v) is 6.13. The molecule has 162 valence electrons. The molecule has 0 atom stereocenters. The van der Waals surface area contributed by atoms with E-state index in [1.165, 1.54) is 22.3 Å². The summed E-state index contributed by atoms with van der Waals surface area (Å²) in [6, 6.07) is 33.6. The van der Waals surface area contributed by atoms with Gasteiger partial charge in [0, 0.05) is 16.8 Å². The Morgan fingerprint density at radius 3 is 1.62 bits per heavy atom. The van der Waals surface area contributed by atoms with E-state index < -0.39 is 5.41 Å². The maximum atomic E-state index is 5.41. The zero-order chi connectivity index (χ0) is 22.6. The van der Waals surface area contributed by atoms with Crippen LogP contribution in [-0.4, -0.2) is 14.2 Å². The average molecular weight is 424 g/mol. The van der Waals surface area contributed by atoms with Gasteiger partial charge in [-0.1, -0.05) is 60.2 Å². The topological polar surface area (TPSA) is 30.5 Å². The fourth-order valence-corrected chi connectivity index (χ4v) is 4.15. The Morgan fingerprint density at radius 2 is 1.12 bits per heavy atom. The molecule has 0 radical (unpaired) electrons. The number of ether oxygens (including phenoxy) is 2. The highest BCUT2D eigenvalue weighted by Crippen LogP contribution is 2.43. The van der Waals surface area contributed by atoms with Crippen LogP contribution in [0.3, 0.4) is 0 Å². The highest BCUT2D eigenvalue weighted by atomic mass is 16.5. The lowest BCUT2D eigenvalue weighted by molar-refractivity contribution is 0.414. The molecule has 0 fully saturated rings. The third-order valence-electron chi connectivity index (χ3n) is 6.13. The molecule has 0 unspecified atom stereocenters. The van der Waals surface area contributed by atoms with Gasteiger partial charge in [-0.2, -0.15) is 0 Å². The van der Waals surface area contributed by atoms with Crippen molar-refractivity contribution in [2.24, 2.45) is 0 Å². The summed E-state index contributed by atoms with van der Waals surface area (Å²) in [5, 5.41) is 3.64. The van der Waals surface area contributed by atoms with Gasteiger partial charge in [0.15, 0.2) is 0 Å². The highest BCUT2D eigenvalue weighted by Gasteiger charge is 2.33. The van der Waals surface area contributed by atoms with Crippen molar-refractivity contribution in [2.45, 2.75) is 19.3 Å². The molecule has 0 aliphatic carbocycles. The molecule has 0 heterocycles. The van der Waals surface area contributed by atoms with E-state index in [-0.39, 0.29) is 0 Å². The van der Waals surface area contributed by atoms with Crippen LogP contribution in [0.15, 0.2) is 97.1 Å². The van der Waals surface area contributed by atoms with Gasteiger partial charge < -0.3 is 14.8 Å². The van der Waals surface area contributed by atoms with Crippen molar-refractivity contribution in [1.29, 1.82) is 0 Å². The smallest absolute Gasteiger partial charge is 0.118 e. The first kappa shape index (κ1) is 21.5. The summed E-state index contributed by atoms with van der Waals surface area (Å²) in [5.74, 6) is 1.69. The summed E-state index contributed by atoms with van der Waals surface area (Å²) in [4.78, 5) is 0. The molecule has 0 saturated carbocycles. The molecule has 3 nitrogen and oxygen atoms in total. The van der Waals surface area contributed by atoms with Crippen molar-refractivity contribution < 1.29 is 9.47 Å². The van der Waals surface area contributed by atoms with E-state index in [1.807, 2.05) is 24.3 Å². The minimum Gasteiger partial charge on any atom is -0.497 e. The summed E-state index contributed by atoms with van der Waals surface area (Å²) in [6.07, 6.45) is 0. The Balaban J connectivity index is 1.87. The molecule has 0 saturated heterocycles. The number of anilines is 2.